The summed E-state index contributed by atoms with van der Waals surface area (Å²) in [5, 5.41) is 10.3. The Morgan fingerprint density at radius 3 is 2.74 bits per heavy atom. The topological polar surface area (TPSA) is 48.5 Å². The van der Waals surface area contributed by atoms with Crippen LogP contribution in [0.5, 0.6) is 0 Å². The number of thioether (sulfide) groups is 1. The summed E-state index contributed by atoms with van der Waals surface area (Å²) in [5.41, 5.74) is 1.37. The third-order valence-corrected chi connectivity index (χ3v) is 5.97. The van der Waals surface area contributed by atoms with Crippen LogP contribution in [0.15, 0.2) is 39.8 Å². The number of piperidine rings is 1. The molecule has 1 aromatic rings. The molecule has 1 saturated heterocycles. The Kier molecular flexibility index (Phi) is 4.74. The highest BCUT2D eigenvalue weighted by molar-refractivity contribution is 8.03. The highest BCUT2D eigenvalue weighted by Crippen LogP contribution is 2.45. The number of carbonyl (C=O) groups is 1. The summed E-state index contributed by atoms with van der Waals surface area (Å²) >= 11 is 1.52. The second kappa shape index (κ2) is 6.77. The van der Waals surface area contributed by atoms with E-state index in [0.29, 0.717) is 12.1 Å². The average Bonchev–Trinajstić information content (AvgIpc) is 2.88. The molecule has 23 heavy (non-hydrogen) atoms. The number of ketones is 1. The lowest BCUT2D eigenvalue weighted by molar-refractivity contribution is -0.897. The molecule has 1 aromatic carbocycles. The number of hydrogen-bond acceptors (Lipinski definition) is 4. The van der Waals surface area contributed by atoms with Crippen LogP contribution < -0.4 is 9.80 Å². The van der Waals surface area contributed by atoms with E-state index in [0.717, 1.165) is 34.6 Å². The zero-order valence-electron chi connectivity index (χ0n) is 13.6. The number of likely N-dealkylation sites (tertiary alicyclic amines) is 1. The van der Waals surface area contributed by atoms with Crippen molar-refractivity contribution in [2.75, 3.05) is 31.6 Å². The van der Waals surface area contributed by atoms with Crippen molar-refractivity contribution in [1.29, 1.82) is 5.26 Å². The van der Waals surface area contributed by atoms with Gasteiger partial charge in [-0.2, -0.15) is 5.26 Å². The maximum absolute atomic E-state index is 12.7. The van der Waals surface area contributed by atoms with Gasteiger partial charge in [0.05, 0.1) is 18.8 Å². The Balaban J connectivity index is 1.78. The average molecular weight is 328 g/mol. The minimum absolute atomic E-state index is 0.0285. The van der Waals surface area contributed by atoms with Crippen LogP contribution in [-0.2, 0) is 4.79 Å². The molecule has 2 aliphatic rings. The Morgan fingerprint density at radius 2 is 2.09 bits per heavy atom. The van der Waals surface area contributed by atoms with Gasteiger partial charge in [-0.15, -0.1) is 0 Å². The number of nitrogens with one attached hydrogen (secondary N) is 1. The van der Waals surface area contributed by atoms with Gasteiger partial charge < -0.3 is 9.80 Å². The number of rotatable bonds is 3. The van der Waals surface area contributed by atoms with Crippen molar-refractivity contribution in [3.05, 3.63) is 34.9 Å². The molecular weight excluding hydrogens is 306 g/mol. The molecule has 0 aliphatic carbocycles. The van der Waals surface area contributed by atoms with E-state index in [9.17, 15) is 10.1 Å². The molecule has 0 amide bonds. The molecule has 3 rings (SSSR count). The molecule has 5 heteroatoms. The SMILES string of the molecule is CC1CC[NH+](CC(=O)/C(C#N)=C2\Sc3ccccc3N2C)CC1. The molecule has 1 fully saturated rings. The number of Topliss-reactive ketones (excluding diaryl/α,β-unsaturated/α-hetero) is 1. The summed E-state index contributed by atoms with van der Waals surface area (Å²) in [6, 6.07) is 10.2. The van der Waals surface area contributed by atoms with Gasteiger partial charge in [-0.1, -0.05) is 30.8 Å². The van der Waals surface area contributed by atoms with Crippen molar-refractivity contribution in [2.45, 2.75) is 24.7 Å². The van der Waals surface area contributed by atoms with Crippen LogP contribution in [0, 0.1) is 17.2 Å². The van der Waals surface area contributed by atoms with Gasteiger partial charge in [0.2, 0.25) is 5.78 Å². The number of fused-ring (bicyclic) bond motifs is 1. The van der Waals surface area contributed by atoms with Crippen molar-refractivity contribution in [3.63, 3.8) is 0 Å². The predicted octanol–water partition coefficient (Wildman–Crippen LogP) is 1.85. The molecule has 0 bridgehead atoms. The maximum Gasteiger partial charge on any atom is 0.230 e. The number of hydrogen-bond donors (Lipinski definition) is 1. The zero-order valence-corrected chi connectivity index (χ0v) is 14.4. The van der Waals surface area contributed by atoms with Gasteiger partial charge in [-0.25, -0.2) is 0 Å². The van der Waals surface area contributed by atoms with E-state index >= 15 is 0 Å². The number of benzene rings is 1. The third-order valence-electron chi connectivity index (χ3n) is 4.73. The predicted molar refractivity (Wildman–Crippen MR) is 92.3 cm³/mol. The van der Waals surface area contributed by atoms with Crippen molar-refractivity contribution in [3.8, 4) is 6.07 Å². The van der Waals surface area contributed by atoms with Crippen LogP contribution in [-0.4, -0.2) is 32.5 Å². The molecule has 0 atom stereocenters. The van der Waals surface area contributed by atoms with E-state index in [2.05, 4.69) is 13.0 Å². The fraction of sp³-hybridized carbons (Fsp3) is 0.444. The van der Waals surface area contributed by atoms with Crippen LogP contribution in [0.4, 0.5) is 5.69 Å². The van der Waals surface area contributed by atoms with Crippen LogP contribution in [0.25, 0.3) is 0 Å². The van der Waals surface area contributed by atoms with Gasteiger partial charge in [-0.05, 0) is 30.9 Å². The molecule has 4 nitrogen and oxygen atoms in total. The highest BCUT2D eigenvalue weighted by Gasteiger charge is 2.30. The van der Waals surface area contributed by atoms with E-state index in [1.165, 1.54) is 29.5 Å². The summed E-state index contributed by atoms with van der Waals surface area (Å²) in [6.45, 7) is 4.76. The number of nitriles is 1. The van der Waals surface area contributed by atoms with Crippen molar-refractivity contribution in [1.82, 2.24) is 0 Å². The van der Waals surface area contributed by atoms with Crippen molar-refractivity contribution in [2.24, 2.45) is 5.92 Å². The number of anilines is 1. The first-order valence-corrected chi connectivity index (χ1v) is 8.93. The van der Waals surface area contributed by atoms with E-state index in [4.69, 9.17) is 0 Å². The molecule has 0 saturated carbocycles. The minimum atomic E-state index is -0.0285. The number of para-hydroxylation sites is 1. The van der Waals surface area contributed by atoms with Crippen LogP contribution in [0.2, 0.25) is 0 Å². The van der Waals surface area contributed by atoms with Gasteiger partial charge in [0.25, 0.3) is 0 Å². The first-order valence-electron chi connectivity index (χ1n) is 8.12. The number of carbonyl (C=O) groups excluding carboxylic acids is 1. The maximum atomic E-state index is 12.7. The minimum Gasteiger partial charge on any atom is -0.337 e. The van der Waals surface area contributed by atoms with Gasteiger partial charge in [0, 0.05) is 11.9 Å². The fourth-order valence-corrected chi connectivity index (χ4v) is 4.37. The van der Waals surface area contributed by atoms with Crippen molar-refractivity contribution >= 4 is 23.2 Å². The molecule has 2 heterocycles. The smallest absolute Gasteiger partial charge is 0.230 e. The normalized spacial score (nSPS) is 25.7. The molecule has 2 aliphatic heterocycles. The van der Waals surface area contributed by atoms with E-state index in [1.54, 1.807) is 0 Å². The second-order valence-electron chi connectivity index (χ2n) is 6.45. The van der Waals surface area contributed by atoms with Gasteiger partial charge in [-0.3, -0.25) is 4.79 Å². The molecule has 0 unspecified atom stereocenters. The van der Waals surface area contributed by atoms with Gasteiger partial charge >= 0.3 is 0 Å². The first-order chi connectivity index (χ1) is 11.1. The Morgan fingerprint density at radius 1 is 1.39 bits per heavy atom. The zero-order chi connectivity index (χ0) is 16.4. The summed E-state index contributed by atoms with van der Waals surface area (Å²) in [5.74, 6) is 0.730. The lowest BCUT2D eigenvalue weighted by atomic mass is 9.99. The second-order valence-corrected chi connectivity index (χ2v) is 7.48. The molecule has 120 valence electrons. The van der Waals surface area contributed by atoms with E-state index in [1.807, 2.05) is 36.2 Å². The fourth-order valence-electron chi connectivity index (χ4n) is 3.21. The summed E-state index contributed by atoms with van der Waals surface area (Å²) in [7, 11) is 1.92. The molecule has 0 spiro atoms. The monoisotopic (exact) mass is 328 g/mol. The van der Waals surface area contributed by atoms with Crippen molar-refractivity contribution < 1.29 is 9.69 Å². The quantitative estimate of drug-likeness (QED) is 0.679. The number of nitrogens with zero attached hydrogens (tertiary/aromatic N) is 2. The Hall–Kier alpha value is -1.77. The summed E-state index contributed by atoms with van der Waals surface area (Å²) < 4.78 is 0. The van der Waals surface area contributed by atoms with E-state index in [-0.39, 0.29) is 5.78 Å². The molecule has 0 radical (unpaired) electrons. The van der Waals surface area contributed by atoms with Crippen LogP contribution >= 0.6 is 11.8 Å². The Labute approximate surface area is 141 Å². The third kappa shape index (κ3) is 3.29. The summed E-state index contributed by atoms with van der Waals surface area (Å²) in [6.07, 6.45) is 2.34. The molecule has 1 N–H and O–H groups in total. The number of quaternary nitrogens is 1. The first kappa shape index (κ1) is 16.1. The largest absolute Gasteiger partial charge is 0.337 e. The molecular formula is C18H22N3OS+. The van der Waals surface area contributed by atoms with E-state index < -0.39 is 0 Å². The lowest BCUT2D eigenvalue weighted by Crippen LogP contribution is -3.13. The van der Waals surface area contributed by atoms with Gasteiger partial charge in [0.15, 0.2) is 0 Å². The molecule has 0 aromatic heterocycles. The standard InChI is InChI=1S/C18H21N3OS/c1-13-7-9-21(10-8-13)12-16(22)14(11-19)18-20(2)15-5-3-4-6-17(15)23-18/h3-6,13H,7-10,12H2,1-2H3/p+1/b18-14-. The lowest BCUT2D eigenvalue weighted by Gasteiger charge is -2.26. The highest BCUT2D eigenvalue weighted by atomic mass is 32.2. The Bertz CT molecular complexity index is 684. The van der Waals surface area contributed by atoms with Crippen LogP contribution in [0.1, 0.15) is 19.8 Å². The van der Waals surface area contributed by atoms with Gasteiger partial charge in [0.1, 0.15) is 23.2 Å². The van der Waals surface area contributed by atoms with Crippen LogP contribution in [0.3, 0.4) is 0 Å². The summed E-state index contributed by atoms with van der Waals surface area (Å²) in [4.78, 5) is 17.0.